The first-order valence-electron chi connectivity index (χ1n) is 7.88. The number of nitrogens with two attached hydrogens (primary N) is 1. The van der Waals surface area contributed by atoms with Crippen molar-refractivity contribution in [1.29, 1.82) is 0 Å². The Kier molecular flexibility index (Phi) is 5.13. The average Bonchev–Trinajstić information content (AvgIpc) is 2.43. The number of fused-ring (bicyclic) bond motifs is 1. The normalized spacial score (nSPS) is 12.1. The molecule has 0 unspecified atom stereocenters. The molecule has 0 aliphatic rings. The summed E-state index contributed by atoms with van der Waals surface area (Å²) in [6.07, 6.45) is 2.69. The predicted octanol–water partition coefficient (Wildman–Crippen LogP) is 4.34. The van der Waals surface area contributed by atoms with Crippen LogP contribution in [0, 0.1) is 0 Å². The Hall–Kier alpha value is -2.09. The molecule has 2 heterocycles. The number of aromatic nitrogens is 2. The maximum absolute atomic E-state index is 12.7. The first-order valence-corrected chi connectivity index (χ1v) is 8.67. The van der Waals surface area contributed by atoms with E-state index >= 15 is 0 Å². The third-order valence-corrected chi connectivity index (χ3v) is 3.61. The van der Waals surface area contributed by atoms with Crippen LogP contribution >= 0.6 is 15.9 Å². The van der Waals surface area contributed by atoms with Gasteiger partial charge in [0.1, 0.15) is 16.8 Å². The van der Waals surface area contributed by atoms with Crippen molar-refractivity contribution in [3.8, 4) is 0 Å². The molecule has 0 aliphatic heterocycles. The van der Waals surface area contributed by atoms with Crippen molar-refractivity contribution in [3.63, 3.8) is 0 Å². The molecule has 8 heteroatoms. The number of pyridine rings is 2. The van der Waals surface area contributed by atoms with Crippen molar-refractivity contribution in [3.05, 3.63) is 22.9 Å². The average molecular weight is 410 g/mol. The molecule has 0 saturated heterocycles. The lowest BCUT2D eigenvalue weighted by Crippen LogP contribution is -2.51. The van der Waals surface area contributed by atoms with E-state index in [2.05, 4.69) is 31.3 Å². The van der Waals surface area contributed by atoms with Gasteiger partial charge in [-0.2, -0.15) is 0 Å². The molecule has 0 radical (unpaired) electrons. The van der Waals surface area contributed by atoms with Crippen LogP contribution in [0.15, 0.2) is 22.9 Å². The fourth-order valence-electron chi connectivity index (χ4n) is 2.08. The number of hydrazine groups is 1. The zero-order valence-electron chi connectivity index (χ0n) is 15.3. The van der Waals surface area contributed by atoms with E-state index < -0.39 is 17.2 Å². The second kappa shape index (κ2) is 6.67. The van der Waals surface area contributed by atoms with Gasteiger partial charge in [0.15, 0.2) is 0 Å². The summed E-state index contributed by atoms with van der Waals surface area (Å²) in [5.74, 6) is 0. The highest BCUT2D eigenvalue weighted by atomic mass is 79.9. The number of nitrogens with one attached hydrogen (secondary N) is 1. The lowest BCUT2D eigenvalue weighted by atomic mass is 10.1. The Balaban J connectivity index is 2.47. The van der Waals surface area contributed by atoms with Crippen molar-refractivity contribution in [2.75, 3.05) is 11.2 Å². The Morgan fingerprint density at radius 2 is 1.84 bits per heavy atom. The second-order valence-electron chi connectivity index (χ2n) is 7.71. The molecule has 0 aromatic carbocycles. The molecule has 136 valence electrons. The highest BCUT2D eigenvalue weighted by Crippen LogP contribution is 2.30. The summed E-state index contributed by atoms with van der Waals surface area (Å²) in [4.78, 5) is 21.3. The van der Waals surface area contributed by atoms with E-state index in [1.54, 1.807) is 6.20 Å². The van der Waals surface area contributed by atoms with Crippen LogP contribution in [0.25, 0.3) is 11.0 Å². The van der Waals surface area contributed by atoms with Crippen molar-refractivity contribution in [1.82, 2.24) is 15.0 Å². The van der Waals surface area contributed by atoms with Crippen LogP contribution in [0.1, 0.15) is 41.5 Å². The quantitative estimate of drug-likeness (QED) is 0.716. The summed E-state index contributed by atoms with van der Waals surface area (Å²) in [6.45, 7) is 11.2. The van der Waals surface area contributed by atoms with Crippen molar-refractivity contribution in [2.24, 2.45) is 0 Å². The minimum atomic E-state index is -0.614. The largest absolute Gasteiger partial charge is 0.442 e. The third kappa shape index (κ3) is 4.72. The van der Waals surface area contributed by atoms with Gasteiger partial charge in [-0.15, -0.1) is 0 Å². The molecule has 0 aliphatic carbocycles. The number of halogens is 1. The smallest absolute Gasteiger partial charge is 0.429 e. The number of nitrogen functional groups attached to an aromatic ring is 1. The van der Waals surface area contributed by atoms with Gasteiger partial charge in [-0.25, -0.2) is 9.80 Å². The number of amides is 1. The van der Waals surface area contributed by atoms with E-state index in [1.807, 2.05) is 47.6 Å². The summed E-state index contributed by atoms with van der Waals surface area (Å²) < 4.78 is 6.32. The molecule has 1 amide bonds. The second-order valence-corrected chi connectivity index (χ2v) is 8.62. The number of ether oxygens (including phenoxy) is 1. The fraction of sp³-hybridized carbons (Fsp3) is 0.471. The maximum Gasteiger partial charge on any atom is 0.429 e. The highest BCUT2D eigenvalue weighted by molar-refractivity contribution is 9.10. The van der Waals surface area contributed by atoms with E-state index in [1.165, 1.54) is 11.2 Å². The van der Waals surface area contributed by atoms with Crippen molar-refractivity contribution < 1.29 is 9.53 Å². The van der Waals surface area contributed by atoms with Crippen LogP contribution in [0.2, 0.25) is 0 Å². The number of rotatable bonds is 2. The van der Waals surface area contributed by atoms with Crippen LogP contribution in [0.4, 0.5) is 16.2 Å². The van der Waals surface area contributed by atoms with E-state index in [0.717, 1.165) is 4.47 Å². The molecule has 2 rings (SSSR count). The number of carbonyl (C=O) groups is 1. The van der Waals surface area contributed by atoms with Crippen LogP contribution in [-0.2, 0) is 4.74 Å². The van der Waals surface area contributed by atoms with Gasteiger partial charge in [-0.1, -0.05) is 0 Å². The van der Waals surface area contributed by atoms with Gasteiger partial charge in [0.25, 0.3) is 0 Å². The monoisotopic (exact) mass is 409 g/mol. The molecule has 0 spiro atoms. The molecule has 2 aromatic heterocycles. The molecule has 0 fully saturated rings. The number of hydrogen-bond donors (Lipinski definition) is 2. The molecule has 0 bridgehead atoms. The van der Waals surface area contributed by atoms with Crippen LogP contribution in [-0.4, -0.2) is 32.2 Å². The fourth-order valence-corrected chi connectivity index (χ4v) is 2.40. The molecule has 0 saturated carbocycles. The lowest BCUT2D eigenvalue weighted by Gasteiger charge is -2.37. The standard InChI is InChI=1S/C17H24BrN5O2/c1-16(2,3)23(15(24)25-17(4,5)6)22-13-11(19)9-20-12-7-10(18)8-21-14(12)13/h7-9H,19H2,1-6H3,(H,20,22). The number of hydrogen-bond acceptors (Lipinski definition) is 6. The minimum Gasteiger partial charge on any atom is -0.442 e. The molecular weight excluding hydrogens is 386 g/mol. The Bertz CT molecular complexity index is 796. The van der Waals surface area contributed by atoms with E-state index in [9.17, 15) is 4.79 Å². The zero-order chi connectivity index (χ0) is 19.0. The van der Waals surface area contributed by atoms with Gasteiger partial charge < -0.3 is 10.5 Å². The molecule has 0 atom stereocenters. The predicted molar refractivity (Wildman–Crippen MR) is 103 cm³/mol. The van der Waals surface area contributed by atoms with Gasteiger partial charge in [0.2, 0.25) is 0 Å². The Labute approximate surface area is 156 Å². The summed E-state index contributed by atoms with van der Waals surface area (Å²) in [7, 11) is 0. The van der Waals surface area contributed by atoms with Gasteiger partial charge in [-0.05, 0) is 63.5 Å². The molecule has 25 heavy (non-hydrogen) atoms. The maximum atomic E-state index is 12.7. The van der Waals surface area contributed by atoms with E-state index in [-0.39, 0.29) is 0 Å². The number of anilines is 2. The summed E-state index contributed by atoms with van der Waals surface area (Å²) >= 11 is 3.38. The van der Waals surface area contributed by atoms with Crippen molar-refractivity contribution >= 4 is 44.4 Å². The summed E-state index contributed by atoms with van der Waals surface area (Å²) in [5, 5.41) is 1.41. The van der Waals surface area contributed by atoms with Gasteiger partial charge in [0, 0.05) is 10.7 Å². The molecule has 2 aromatic rings. The van der Waals surface area contributed by atoms with Crippen molar-refractivity contribution in [2.45, 2.75) is 52.7 Å². The van der Waals surface area contributed by atoms with E-state index in [4.69, 9.17) is 10.5 Å². The van der Waals surface area contributed by atoms with Crippen LogP contribution < -0.4 is 11.2 Å². The minimum absolute atomic E-state index is 0.389. The molecular formula is C17H24BrN5O2. The highest BCUT2D eigenvalue weighted by Gasteiger charge is 2.32. The number of carbonyl (C=O) groups excluding carboxylic acids is 1. The van der Waals surface area contributed by atoms with Gasteiger partial charge >= 0.3 is 6.09 Å². The topological polar surface area (TPSA) is 93.4 Å². The first kappa shape index (κ1) is 19.2. The van der Waals surface area contributed by atoms with Crippen LogP contribution in [0.5, 0.6) is 0 Å². The molecule has 7 nitrogen and oxygen atoms in total. The van der Waals surface area contributed by atoms with Crippen LogP contribution in [0.3, 0.4) is 0 Å². The Morgan fingerprint density at radius 3 is 2.40 bits per heavy atom. The SMILES string of the molecule is CC(C)(C)OC(=O)N(Nc1c(N)cnc2cc(Br)cnc12)C(C)(C)C. The van der Waals surface area contributed by atoms with Gasteiger partial charge in [-0.3, -0.25) is 15.4 Å². The number of nitrogens with zero attached hydrogens (tertiary/aromatic N) is 3. The molecule has 3 N–H and O–H groups in total. The third-order valence-electron chi connectivity index (χ3n) is 3.17. The van der Waals surface area contributed by atoms with E-state index in [0.29, 0.717) is 22.4 Å². The zero-order valence-corrected chi connectivity index (χ0v) is 16.9. The summed E-state index contributed by atoms with van der Waals surface area (Å²) in [6, 6.07) is 1.84. The first-order chi connectivity index (χ1) is 11.4. The lowest BCUT2D eigenvalue weighted by molar-refractivity contribution is 0.0137. The van der Waals surface area contributed by atoms with Gasteiger partial charge in [0.05, 0.1) is 22.9 Å². The summed E-state index contributed by atoms with van der Waals surface area (Å²) in [5.41, 5.74) is 10.1. The Morgan fingerprint density at radius 1 is 1.20 bits per heavy atom.